The lowest BCUT2D eigenvalue weighted by molar-refractivity contribution is -0.870. The molecule has 9 nitrogen and oxygen atoms in total. The molecular formula is C53H101NO8P+. The van der Waals surface area contributed by atoms with E-state index in [2.05, 4.69) is 50.3 Å². The van der Waals surface area contributed by atoms with E-state index in [4.69, 9.17) is 18.5 Å². The summed E-state index contributed by atoms with van der Waals surface area (Å²) < 4.78 is 34.4. The minimum atomic E-state index is -4.38. The molecule has 0 bridgehead atoms. The normalized spacial score (nSPS) is 13.7. The first-order chi connectivity index (χ1) is 30.5. The second-order valence-electron chi connectivity index (χ2n) is 18.9. The van der Waals surface area contributed by atoms with Gasteiger partial charge in [-0.2, -0.15) is 0 Å². The largest absolute Gasteiger partial charge is 0.472 e. The van der Waals surface area contributed by atoms with Crippen molar-refractivity contribution >= 4 is 19.8 Å². The second kappa shape index (κ2) is 45.4. The SMILES string of the molecule is CCCCCCC/C=C\C/C=C\C/C=C\CCCCCCCCCCCCCCC(=O)OC(COC(=O)CCCCCCCCCCCCCC)COP(=O)(O)OCC[N+](C)(C)C. The van der Waals surface area contributed by atoms with Gasteiger partial charge >= 0.3 is 19.8 Å². The van der Waals surface area contributed by atoms with Gasteiger partial charge in [-0.25, -0.2) is 4.57 Å². The number of carbonyl (C=O) groups is 2. The van der Waals surface area contributed by atoms with E-state index in [0.29, 0.717) is 23.9 Å². The van der Waals surface area contributed by atoms with E-state index in [-0.39, 0.29) is 25.6 Å². The Balaban J connectivity index is 4.14. The Morgan fingerprint density at radius 1 is 0.492 bits per heavy atom. The molecule has 0 aromatic heterocycles. The van der Waals surface area contributed by atoms with Crippen molar-refractivity contribution in [3.8, 4) is 0 Å². The van der Waals surface area contributed by atoms with E-state index < -0.39 is 26.5 Å². The van der Waals surface area contributed by atoms with Crippen LogP contribution in [0.5, 0.6) is 0 Å². The summed E-state index contributed by atoms with van der Waals surface area (Å²) in [5.74, 6) is -0.792. The zero-order valence-electron chi connectivity index (χ0n) is 41.8. The molecule has 0 fully saturated rings. The number of phosphoric ester groups is 1. The van der Waals surface area contributed by atoms with Crippen molar-refractivity contribution in [2.45, 2.75) is 245 Å². The van der Waals surface area contributed by atoms with Gasteiger partial charge in [0.05, 0.1) is 27.7 Å². The van der Waals surface area contributed by atoms with Gasteiger partial charge in [0.15, 0.2) is 6.10 Å². The minimum Gasteiger partial charge on any atom is -0.462 e. The van der Waals surface area contributed by atoms with Gasteiger partial charge in [0.1, 0.15) is 19.8 Å². The highest BCUT2D eigenvalue weighted by atomic mass is 31.2. The van der Waals surface area contributed by atoms with Gasteiger partial charge in [-0.15, -0.1) is 0 Å². The van der Waals surface area contributed by atoms with Gasteiger partial charge in [-0.3, -0.25) is 18.6 Å². The molecule has 2 atom stereocenters. The van der Waals surface area contributed by atoms with Crippen LogP contribution in [0, 0.1) is 0 Å². The predicted octanol–water partition coefficient (Wildman–Crippen LogP) is 15.6. The van der Waals surface area contributed by atoms with Gasteiger partial charge in [0, 0.05) is 12.8 Å². The van der Waals surface area contributed by atoms with Gasteiger partial charge < -0.3 is 18.9 Å². The van der Waals surface area contributed by atoms with Crippen LogP contribution in [-0.4, -0.2) is 74.9 Å². The fourth-order valence-corrected chi connectivity index (χ4v) is 8.06. The Kier molecular flexibility index (Phi) is 44.1. The molecule has 0 rings (SSSR count). The lowest BCUT2D eigenvalue weighted by Gasteiger charge is -2.24. The number of allylic oxidation sites excluding steroid dienone is 6. The zero-order valence-corrected chi connectivity index (χ0v) is 42.7. The number of esters is 2. The van der Waals surface area contributed by atoms with Gasteiger partial charge in [-0.05, 0) is 51.4 Å². The number of unbranched alkanes of at least 4 members (excludes halogenated alkanes) is 28. The van der Waals surface area contributed by atoms with Crippen LogP contribution in [-0.2, 0) is 32.7 Å². The smallest absolute Gasteiger partial charge is 0.462 e. The van der Waals surface area contributed by atoms with Crippen LogP contribution in [0.1, 0.15) is 239 Å². The third kappa shape index (κ3) is 49.5. The summed E-state index contributed by atoms with van der Waals surface area (Å²) >= 11 is 0. The maximum atomic E-state index is 12.8. The maximum absolute atomic E-state index is 12.8. The summed E-state index contributed by atoms with van der Waals surface area (Å²) in [7, 11) is 1.48. The van der Waals surface area contributed by atoms with Crippen LogP contribution < -0.4 is 0 Å². The molecule has 0 radical (unpaired) electrons. The van der Waals surface area contributed by atoms with E-state index in [1.54, 1.807) is 0 Å². The molecule has 10 heteroatoms. The van der Waals surface area contributed by atoms with Crippen molar-refractivity contribution in [3.63, 3.8) is 0 Å². The van der Waals surface area contributed by atoms with Crippen LogP contribution in [0.4, 0.5) is 0 Å². The van der Waals surface area contributed by atoms with Gasteiger partial charge in [0.2, 0.25) is 0 Å². The number of likely N-dealkylation sites (N-methyl/N-ethyl adjacent to an activating group) is 1. The van der Waals surface area contributed by atoms with E-state index >= 15 is 0 Å². The molecule has 63 heavy (non-hydrogen) atoms. The third-order valence-electron chi connectivity index (χ3n) is 11.4. The Morgan fingerprint density at radius 2 is 0.857 bits per heavy atom. The number of ether oxygens (including phenoxy) is 2. The summed E-state index contributed by atoms with van der Waals surface area (Å²) in [6.45, 7) is 4.43. The number of nitrogens with zero attached hydrogens (tertiary/aromatic N) is 1. The molecule has 0 saturated carbocycles. The highest BCUT2D eigenvalue weighted by Gasteiger charge is 2.27. The Morgan fingerprint density at radius 3 is 1.27 bits per heavy atom. The zero-order chi connectivity index (χ0) is 46.4. The molecule has 0 aliphatic heterocycles. The lowest BCUT2D eigenvalue weighted by Crippen LogP contribution is -2.37. The van der Waals surface area contributed by atoms with E-state index in [1.807, 2.05) is 21.1 Å². The predicted molar refractivity (Wildman–Crippen MR) is 266 cm³/mol. The van der Waals surface area contributed by atoms with Crippen LogP contribution >= 0.6 is 7.82 Å². The fourth-order valence-electron chi connectivity index (χ4n) is 7.32. The van der Waals surface area contributed by atoms with Gasteiger partial charge in [0.25, 0.3) is 0 Å². The first kappa shape index (κ1) is 61.2. The lowest BCUT2D eigenvalue weighted by atomic mass is 10.0. The number of hydrogen-bond acceptors (Lipinski definition) is 7. The first-order valence-electron chi connectivity index (χ1n) is 26.2. The average molecular weight is 911 g/mol. The van der Waals surface area contributed by atoms with E-state index in [9.17, 15) is 19.0 Å². The maximum Gasteiger partial charge on any atom is 0.472 e. The van der Waals surface area contributed by atoms with Crippen LogP contribution in [0.25, 0.3) is 0 Å². The Hall–Kier alpha value is -1.77. The molecule has 0 amide bonds. The number of phosphoric acid groups is 1. The number of hydrogen-bond donors (Lipinski definition) is 1. The molecule has 0 aliphatic rings. The Labute approximate surface area is 389 Å². The molecular weight excluding hydrogens is 810 g/mol. The minimum absolute atomic E-state index is 0.0327. The average Bonchev–Trinajstić information content (AvgIpc) is 3.24. The topological polar surface area (TPSA) is 108 Å². The van der Waals surface area contributed by atoms with Gasteiger partial charge in [-0.1, -0.05) is 211 Å². The summed E-state index contributed by atoms with van der Waals surface area (Å²) in [6, 6.07) is 0. The van der Waals surface area contributed by atoms with Crippen LogP contribution in [0.15, 0.2) is 36.5 Å². The highest BCUT2D eigenvalue weighted by Crippen LogP contribution is 2.43. The van der Waals surface area contributed by atoms with Crippen LogP contribution in [0.2, 0.25) is 0 Å². The number of carbonyl (C=O) groups excluding carboxylic acids is 2. The standard InChI is InChI=1S/C53H100NO8P/c1-6-8-10-12-14-16-18-20-21-22-23-24-25-26-27-28-29-30-31-32-33-34-36-38-40-42-44-46-53(56)62-51(50-61-63(57,58)60-48-47-54(3,4)5)49-59-52(55)45-43-41-39-37-35-19-17-15-13-11-9-7-2/h18,20,22-23,25-26,51H,6-17,19,21,24,27-50H2,1-5H3/p+1/b20-18-,23-22-,26-25-. The summed E-state index contributed by atoms with van der Waals surface area (Å²) in [6.07, 6.45) is 53.4. The van der Waals surface area contributed by atoms with E-state index in [1.165, 1.54) is 154 Å². The fraction of sp³-hybridized carbons (Fsp3) is 0.849. The molecule has 370 valence electrons. The summed E-state index contributed by atoms with van der Waals surface area (Å²) in [4.78, 5) is 35.5. The molecule has 0 aliphatic carbocycles. The number of rotatable bonds is 48. The van der Waals surface area contributed by atoms with Crippen molar-refractivity contribution in [3.05, 3.63) is 36.5 Å². The van der Waals surface area contributed by atoms with Crippen molar-refractivity contribution in [1.82, 2.24) is 0 Å². The third-order valence-corrected chi connectivity index (χ3v) is 12.4. The van der Waals surface area contributed by atoms with Crippen molar-refractivity contribution in [2.24, 2.45) is 0 Å². The molecule has 0 aromatic carbocycles. The molecule has 2 unspecified atom stereocenters. The molecule has 1 N–H and O–H groups in total. The second-order valence-corrected chi connectivity index (χ2v) is 20.4. The monoisotopic (exact) mass is 911 g/mol. The summed E-state index contributed by atoms with van der Waals surface area (Å²) in [5.41, 5.74) is 0. The van der Waals surface area contributed by atoms with E-state index in [0.717, 1.165) is 51.4 Å². The highest BCUT2D eigenvalue weighted by molar-refractivity contribution is 7.47. The van der Waals surface area contributed by atoms with Crippen LogP contribution in [0.3, 0.4) is 0 Å². The molecule has 0 spiro atoms. The van der Waals surface area contributed by atoms with Crippen molar-refractivity contribution < 1.29 is 42.1 Å². The van der Waals surface area contributed by atoms with Crippen molar-refractivity contribution in [1.29, 1.82) is 0 Å². The molecule has 0 heterocycles. The Bertz CT molecular complexity index is 1170. The quantitative estimate of drug-likeness (QED) is 0.0211. The summed E-state index contributed by atoms with van der Waals surface area (Å²) in [5, 5.41) is 0. The molecule has 0 saturated heterocycles. The first-order valence-corrected chi connectivity index (χ1v) is 27.7. The van der Waals surface area contributed by atoms with Crippen molar-refractivity contribution in [2.75, 3.05) is 47.5 Å². The molecule has 0 aromatic rings. The number of quaternary nitrogens is 1.